The SMILES string of the molecule is c1cnn(CCN2CCC[C@@H]2Cn2cccn2)c1. The van der Waals surface area contributed by atoms with Crippen LogP contribution in [0.4, 0.5) is 0 Å². The number of likely N-dealkylation sites (tertiary alicyclic amines) is 1. The molecule has 0 aliphatic carbocycles. The van der Waals surface area contributed by atoms with E-state index in [2.05, 4.69) is 15.1 Å². The summed E-state index contributed by atoms with van der Waals surface area (Å²) in [5.41, 5.74) is 0. The molecule has 18 heavy (non-hydrogen) atoms. The Morgan fingerprint density at radius 2 is 1.78 bits per heavy atom. The molecule has 0 radical (unpaired) electrons. The Labute approximate surface area is 107 Å². The van der Waals surface area contributed by atoms with E-state index in [9.17, 15) is 0 Å². The molecule has 0 aromatic carbocycles. The van der Waals surface area contributed by atoms with Crippen LogP contribution in [0.5, 0.6) is 0 Å². The van der Waals surface area contributed by atoms with Gasteiger partial charge in [-0.3, -0.25) is 14.3 Å². The van der Waals surface area contributed by atoms with Gasteiger partial charge >= 0.3 is 0 Å². The molecule has 2 aromatic rings. The molecule has 96 valence electrons. The van der Waals surface area contributed by atoms with Crippen LogP contribution in [0.25, 0.3) is 0 Å². The Balaban J connectivity index is 1.54. The summed E-state index contributed by atoms with van der Waals surface area (Å²) in [5, 5.41) is 8.55. The zero-order chi connectivity index (χ0) is 12.2. The smallest absolute Gasteiger partial charge is 0.0564 e. The minimum Gasteiger partial charge on any atom is -0.297 e. The van der Waals surface area contributed by atoms with Crippen molar-refractivity contribution in [2.45, 2.75) is 32.0 Å². The average molecular weight is 245 g/mol. The van der Waals surface area contributed by atoms with Crippen molar-refractivity contribution < 1.29 is 0 Å². The van der Waals surface area contributed by atoms with E-state index >= 15 is 0 Å². The van der Waals surface area contributed by atoms with Crippen LogP contribution >= 0.6 is 0 Å². The van der Waals surface area contributed by atoms with Crippen LogP contribution in [0.15, 0.2) is 36.9 Å². The lowest BCUT2D eigenvalue weighted by molar-refractivity contribution is 0.216. The highest BCUT2D eigenvalue weighted by atomic mass is 15.3. The molecule has 0 saturated carbocycles. The molecule has 1 aliphatic rings. The van der Waals surface area contributed by atoms with Gasteiger partial charge in [0.05, 0.1) is 13.1 Å². The quantitative estimate of drug-likeness (QED) is 0.795. The average Bonchev–Trinajstić information content (AvgIpc) is 3.10. The van der Waals surface area contributed by atoms with E-state index in [4.69, 9.17) is 0 Å². The van der Waals surface area contributed by atoms with Gasteiger partial charge in [0.25, 0.3) is 0 Å². The van der Waals surface area contributed by atoms with Crippen LogP contribution in [0.1, 0.15) is 12.8 Å². The molecule has 5 nitrogen and oxygen atoms in total. The molecule has 0 amide bonds. The Bertz CT molecular complexity index is 448. The first-order valence-corrected chi connectivity index (χ1v) is 6.61. The predicted octanol–water partition coefficient (Wildman–Crippen LogP) is 1.24. The topological polar surface area (TPSA) is 38.9 Å². The zero-order valence-corrected chi connectivity index (χ0v) is 10.5. The van der Waals surface area contributed by atoms with E-state index in [1.54, 1.807) is 0 Å². The number of aromatic nitrogens is 4. The van der Waals surface area contributed by atoms with Gasteiger partial charge in [0.1, 0.15) is 0 Å². The third-order valence-electron chi connectivity index (χ3n) is 3.63. The molecule has 1 atom stereocenters. The molecule has 1 aliphatic heterocycles. The largest absolute Gasteiger partial charge is 0.297 e. The first-order valence-electron chi connectivity index (χ1n) is 6.61. The number of nitrogens with zero attached hydrogens (tertiary/aromatic N) is 5. The van der Waals surface area contributed by atoms with Gasteiger partial charge in [-0.25, -0.2) is 0 Å². The van der Waals surface area contributed by atoms with E-state index in [0.29, 0.717) is 6.04 Å². The van der Waals surface area contributed by atoms with Gasteiger partial charge in [0.2, 0.25) is 0 Å². The molecular weight excluding hydrogens is 226 g/mol. The second-order valence-corrected chi connectivity index (χ2v) is 4.83. The van der Waals surface area contributed by atoms with Gasteiger partial charge in [0.15, 0.2) is 0 Å². The Morgan fingerprint density at radius 3 is 2.50 bits per heavy atom. The molecule has 3 heterocycles. The highest BCUT2D eigenvalue weighted by Gasteiger charge is 2.24. The lowest BCUT2D eigenvalue weighted by atomic mass is 10.2. The van der Waals surface area contributed by atoms with Crippen LogP contribution in [0, 0.1) is 0 Å². The van der Waals surface area contributed by atoms with Crippen LogP contribution in [0.2, 0.25) is 0 Å². The van der Waals surface area contributed by atoms with Crippen molar-refractivity contribution in [3.8, 4) is 0 Å². The lowest BCUT2D eigenvalue weighted by Gasteiger charge is -2.24. The van der Waals surface area contributed by atoms with E-state index in [0.717, 1.165) is 19.6 Å². The molecule has 3 rings (SSSR count). The third-order valence-corrected chi connectivity index (χ3v) is 3.63. The van der Waals surface area contributed by atoms with Crippen LogP contribution in [0.3, 0.4) is 0 Å². The molecular formula is C13H19N5. The normalized spacial score (nSPS) is 20.6. The van der Waals surface area contributed by atoms with Gasteiger partial charge in [-0.2, -0.15) is 10.2 Å². The highest BCUT2D eigenvalue weighted by Crippen LogP contribution is 2.18. The fraction of sp³-hybridized carbons (Fsp3) is 0.538. The van der Waals surface area contributed by atoms with E-state index in [-0.39, 0.29) is 0 Å². The first-order chi connectivity index (χ1) is 8.92. The predicted molar refractivity (Wildman–Crippen MR) is 69.0 cm³/mol. The summed E-state index contributed by atoms with van der Waals surface area (Å²) in [6, 6.07) is 4.59. The van der Waals surface area contributed by atoms with Gasteiger partial charge in [0, 0.05) is 37.4 Å². The van der Waals surface area contributed by atoms with Crippen molar-refractivity contribution in [2.75, 3.05) is 13.1 Å². The monoisotopic (exact) mass is 245 g/mol. The van der Waals surface area contributed by atoms with Crippen molar-refractivity contribution in [3.63, 3.8) is 0 Å². The number of hydrogen-bond acceptors (Lipinski definition) is 3. The maximum atomic E-state index is 4.30. The molecule has 2 aromatic heterocycles. The lowest BCUT2D eigenvalue weighted by Crippen LogP contribution is -2.35. The van der Waals surface area contributed by atoms with E-state index < -0.39 is 0 Å². The molecule has 0 unspecified atom stereocenters. The second kappa shape index (κ2) is 5.35. The molecule has 0 bridgehead atoms. The zero-order valence-electron chi connectivity index (χ0n) is 10.5. The molecule has 0 N–H and O–H groups in total. The van der Waals surface area contributed by atoms with Crippen molar-refractivity contribution >= 4 is 0 Å². The summed E-state index contributed by atoms with van der Waals surface area (Å²) in [5.74, 6) is 0. The Hall–Kier alpha value is -1.62. The fourth-order valence-electron chi connectivity index (χ4n) is 2.68. The molecule has 0 spiro atoms. The molecule has 5 heteroatoms. The highest BCUT2D eigenvalue weighted by molar-refractivity contribution is 4.84. The van der Waals surface area contributed by atoms with Crippen molar-refractivity contribution in [1.29, 1.82) is 0 Å². The maximum absolute atomic E-state index is 4.30. The summed E-state index contributed by atoms with van der Waals surface area (Å²) < 4.78 is 4.04. The molecule has 1 fully saturated rings. The molecule has 1 saturated heterocycles. The minimum absolute atomic E-state index is 0.625. The Morgan fingerprint density at radius 1 is 1.00 bits per heavy atom. The van der Waals surface area contributed by atoms with E-state index in [1.807, 2.05) is 46.3 Å². The van der Waals surface area contributed by atoms with Crippen LogP contribution in [-0.4, -0.2) is 43.6 Å². The summed E-state index contributed by atoms with van der Waals surface area (Å²) in [6.45, 7) is 4.26. The fourth-order valence-corrected chi connectivity index (χ4v) is 2.68. The maximum Gasteiger partial charge on any atom is 0.0564 e. The van der Waals surface area contributed by atoms with Crippen LogP contribution in [-0.2, 0) is 13.1 Å². The number of rotatable bonds is 5. The van der Waals surface area contributed by atoms with Crippen LogP contribution < -0.4 is 0 Å². The van der Waals surface area contributed by atoms with Gasteiger partial charge < -0.3 is 0 Å². The van der Waals surface area contributed by atoms with Gasteiger partial charge in [-0.1, -0.05) is 0 Å². The third kappa shape index (κ3) is 2.61. The Kier molecular flexibility index (Phi) is 3.41. The summed E-state index contributed by atoms with van der Waals surface area (Å²) in [6.07, 6.45) is 10.3. The van der Waals surface area contributed by atoms with Crippen molar-refractivity contribution in [3.05, 3.63) is 36.9 Å². The second-order valence-electron chi connectivity index (χ2n) is 4.83. The number of hydrogen-bond donors (Lipinski definition) is 0. The van der Waals surface area contributed by atoms with Crippen molar-refractivity contribution in [2.24, 2.45) is 0 Å². The van der Waals surface area contributed by atoms with Crippen molar-refractivity contribution in [1.82, 2.24) is 24.5 Å². The minimum atomic E-state index is 0.625. The first kappa shape index (κ1) is 11.5. The standard InChI is InChI=1S/C13H19N5/c1-4-13(12-18-9-3-6-15-18)16(7-1)10-11-17-8-2-5-14-17/h2-3,5-6,8-9,13H,1,4,7,10-12H2/t13-/m1/s1. The summed E-state index contributed by atoms with van der Waals surface area (Å²) >= 11 is 0. The van der Waals surface area contributed by atoms with E-state index in [1.165, 1.54) is 19.4 Å². The van der Waals surface area contributed by atoms with Gasteiger partial charge in [-0.05, 0) is 31.5 Å². The summed E-state index contributed by atoms with van der Waals surface area (Å²) in [7, 11) is 0. The summed E-state index contributed by atoms with van der Waals surface area (Å²) in [4.78, 5) is 2.56. The van der Waals surface area contributed by atoms with Gasteiger partial charge in [-0.15, -0.1) is 0 Å².